The molecule has 35 heavy (non-hydrogen) atoms. The van der Waals surface area contributed by atoms with Gasteiger partial charge in [0.1, 0.15) is 24.5 Å². The highest BCUT2D eigenvalue weighted by Gasteiger charge is 2.31. The van der Waals surface area contributed by atoms with E-state index in [9.17, 15) is 18.8 Å². The molecule has 2 aliphatic rings. The third-order valence-corrected chi connectivity index (χ3v) is 6.65. The van der Waals surface area contributed by atoms with E-state index < -0.39 is 19.1 Å². The van der Waals surface area contributed by atoms with E-state index in [1.54, 1.807) is 30.3 Å². The Morgan fingerprint density at radius 3 is 2.54 bits per heavy atom. The molecule has 6 nitrogen and oxygen atoms in total. The molecule has 2 fully saturated rings. The first kappa shape index (κ1) is 23.2. The molecular formula is C27H27F2N3O3. The molecule has 5 rings (SSSR count). The number of carbonyl (C=O) groups excluding carboxylic acids is 1. The zero-order valence-electron chi connectivity index (χ0n) is 19.5. The zero-order chi connectivity index (χ0) is 24.5. The quantitative estimate of drug-likeness (QED) is 0.376. The lowest BCUT2D eigenvalue weighted by molar-refractivity contribution is 0.0819. The number of hydrogen-bond acceptors (Lipinski definition) is 4. The number of alkyl halides is 2. The number of aromatic nitrogens is 1. The van der Waals surface area contributed by atoms with Crippen LogP contribution in [-0.2, 0) is 11.3 Å². The summed E-state index contributed by atoms with van der Waals surface area (Å²) in [6, 6.07) is 14.8. The van der Waals surface area contributed by atoms with Gasteiger partial charge in [0.2, 0.25) is 0 Å². The molecule has 0 radical (unpaired) electrons. The summed E-state index contributed by atoms with van der Waals surface area (Å²) in [5, 5.41) is 13.5. The first-order chi connectivity index (χ1) is 16.9. The van der Waals surface area contributed by atoms with Gasteiger partial charge in [-0.25, -0.2) is 13.6 Å². The van der Waals surface area contributed by atoms with Gasteiger partial charge in [0.05, 0.1) is 16.8 Å². The van der Waals surface area contributed by atoms with Crippen molar-refractivity contribution in [1.82, 2.24) is 4.57 Å². The fourth-order valence-corrected chi connectivity index (χ4v) is 4.43. The van der Waals surface area contributed by atoms with E-state index in [4.69, 9.17) is 9.47 Å². The number of amides is 1. The highest BCUT2D eigenvalue weighted by Crippen LogP contribution is 2.40. The first-order valence-corrected chi connectivity index (χ1v) is 12.0. The minimum absolute atomic E-state index is 0.0971. The largest absolute Gasteiger partial charge is 0.488 e. The molecule has 1 aromatic heterocycles. The van der Waals surface area contributed by atoms with Crippen molar-refractivity contribution in [3.05, 3.63) is 48.0 Å². The SMILES string of the molecule is C[C@@H](OC(=O)Nc1ccc(-c2c(C#N)c3ccc(OCC(F)F)cc3n2CC2CC2)cc1)C1CC1. The van der Waals surface area contributed by atoms with Crippen molar-refractivity contribution in [2.24, 2.45) is 11.8 Å². The predicted octanol–water partition coefficient (Wildman–Crippen LogP) is 6.58. The number of halogens is 2. The number of fused-ring (bicyclic) bond motifs is 1. The lowest BCUT2D eigenvalue weighted by Gasteiger charge is -2.14. The number of anilines is 1. The second-order valence-corrected chi connectivity index (χ2v) is 9.42. The van der Waals surface area contributed by atoms with Crippen molar-refractivity contribution in [1.29, 1.82) is 5.26 Å². The summed E-state index contributed by atoms with van der Waals surface area (Å²) in [5.74, 6) is 1.33. The van der Waals surface area contributed by atoms with Crippen LogP contribution in [0.3, 0.4) is 0 Å². The van der Waals surface area contributed by atoms with Crippen LogP contribution in [0, 0.1) is 23.2 Å². The minimum Gasteiger partial charge on any atom is -0.488 e. The van der Waals surface area contributed by atoms with Gasteiger partial charge in [-0.2, -0.15) is 5.26 Å². The first-order valence-electron chi connectivity index (χ1n) is 12.0. The third-order valence-electron chi connectivity index (χ3n) is 6.65. The lowest BCUT2D eigenvalue weighted by atomic mass is 10.1. The van der Waals surface area contributed by atoms with Gasteiger partial charge in [0.25, 0.3) is 6.43 Å². The normalized spacial score (nSPS) is 16.2. The van der Waals surface area contributed by atoms with Crippen molar-refractivity contribution in [2.45, 2.75) is 51.7 Å². The smallest absolute Gasteiger partial charge is 0.411 e. The van der Waals surface area contributed by atoms with Crippen LogP contribution < -0.4 is 10.1 Å². The number of ether oxygens (including phenoxy) is 2. The number of nitrogens with zero attached hydrogens (tertiary/aromatic N) is 2. The molecule has 1 atom stereocenters. The third kappa shape index (κ3) is 5.24. The maximum atomic E-state index is 12.6. The van der Waals surface area contributed by atoms with Crippen molar-refractivity contribution in [2.75, 3.05) is 11.9 Å². The van der Waals surface area contributed by atoms with Crippen molar-refractivity contribution in [3.8, 4) is 23.1 Å². The number of nitriles is 1. The summed E-state index contributed by atoms with van der Waals surface area (Å²) >= 11 is 0. The monoisotopic (exact) mass is 479 g/mol. The molecule has 2 aliphatic carbocycles. The van der Waals surface area contributed by atoms with Crippen LogP contribution in [0.4, 0.5) is 19.3 Å². The van der Waals surface area contributed by atoms with Gasteiger partial charge in [-0.05, 0) is 74.3 Å². The standard InChI is InChI=1S/C27H27F2N3O3/c1-16(18-4-5-18)35-27(33)31-20-8-6-19(7-9-20)26-23(13-30)22-11-10-21(34-15-25(28)29)12-24(22)32(26)14-17-2-3-17/h6-12,16-18,25H,2-5,14-15H2,1H3,(H,31,33)/t16-/m1/s1. The van der Waals surface area contributed by atoms with Gasteiger partial charge >= 0.3 is 6.09 Å². The van der Waals surface area contributed by atoms with E-state index in [2.05, 4.69) is 16.0 Å². The molecule has 3 aromatic rings. The van der Waals surface area contributed by atoms with Crippen LogP contribution in [0.25, 0.3) is 22.2 Å². The summed E-state index contributed by atoms with van der Waals surface area (Å²) < 4.78 is 38.0. The fourth-order valence-electron chi connectivity index (χ4n) is 4.43. The van der Waals surface area contributed by atoms with Crippen LogP contribution in [0.15, 0.2) is 42.5 Å². The summed E-state index contributed by atoms with van der Waals surface area (Å²) in [6.07, 6.45) is 1.29. The van der Waals surface area contributed by atoms with Crippen LogP contribution >= 0.6 is 0 Å². The van der Waals surface area contributed by atoms with E-state index >= 15 is 0 Å². The Bertz CT molecular complexity index is 1270. The summed E-state index contributed by atoms with van der Waals surface area (Å²) in [7, 11) is 0. The number of hydrogen-bond donors (Lipinski definition) is 1. The van der Waals surface area contributed by atoms with Gasteiger partial charge in [-0.1, -0.05) is 12.1 Å². The van der Waals surface area contributed by atoms with Gasteiger partial charge in [-0.3, -0.25) is 5.32 Å². The van der Waals surface area contributed by atoms with Crippen LogP contribution in [-0.4, -0.2) is 29.8 Å². The van der Waals surface area contributed by atoms with Gasteiger partial charge in [0, 0.05) is 23.7 Å². The van der Waals surface area contributed by atoms with Gasteiger partial charge in [-0.15, -0.1) is 0 Å². The second-order valence-electron chi connectivity index (χ2n) is 9.42. The Morgan fingerprint density at radius 2 is 1.91 bits per heavy atom. The summed E-state index contributed by atoms with van der Waals surface area (Å²) in [5.41, 5.74) is 3.53. The molecule has 0 unspecified atom stereocenters. The number of carbonyl (C=O) groups is 1. The number of benzene rings is 2. The van der Waals surface area contributed by atoms with E-state index in [1.165, 1.54) is 0 Å². The lowest BCUT2D eigenvalue weighted by Crippen LogP contribution is -2.21. The molecule has 0 saturated heterocycles. The van der Waals surface area contributed by atoms with E-state index in [-0.39, 0.29) is 6.10 Å². The van der Waals surface area contributed by atoms with E-state index in [0.717, 1.165) is 54.4 Å². The van der Waals surface area contributed by atoms with Gasteiger partial charge < -0.3 is 14.0 Å². The summed E-state index contributed by atoms with van der Waals surface area (Å²) in [4.78, 5) is 12.2. The van der Waals surface area contributed by atoms with Crippen molar-refractivity contribution in [3.63, 3.8) is 0 Å². The molecule has 1 N–H and O–H groups in total. The van der Waals surface area contributed by atoms with E-state index in [1.807, 2.05) is 19.1 Å². The molecule has 182 valence electrons. The fraction of sp³-hybridized carbons (Fsp3) is 0.407. The zero-order valence-corrected chi connectivity index (χ0v) is 19.5. The van der Waals surface area contributed by atoms with Crippen LogP contribution in [0.2, 0.25) is 0 Å². The molecule has 2 saturated carbocycles. The highest BCUT2D eigenvalue weighted by atomic mass is 19.3. The summed E-state index contributed by atoms with van der Waals surface area (Å²) in [6.45, 7) is 1.97. The molecule has 1 amide bonds. The molecule has 8 heteroatoms. The molecule has 0 aliphatic heterocycles. The highest BCUT2D eigenvalue weighted by molar-refractivity contribution is 5.95. The Morgan fingerprint density at radius 1 is 1.17 bits per heavy atom. The molecule has 1 heterocycles. The van der Waals surface area contributed by atoms with Crippen LogP contribution in [0.1, 0.15) is 38.2 Å². The predicted molar refractivity (Wildman–Crippen MR) is 129 cm³/mol. The Kier molecular flexibility index (Phi) is 6.33. The van der Waals surface area contributed by atoms with Crippen LogP contribution in [0.5, 0.6) is 5.75 Å². The number of rotatable bonds is 9. The Hall–Kier alpha value is -3.60. The molecular weight excluding hydrogens is 452 g/mol. The molecule has 0 bridgehead atoms. The van der Waals surface area contributed by atoms with Crippen molar-refractivity contribution < 1.29 is 23.0 Å². The molecule has 0 spiro atoms. The average molecular weight is 480 g/mol. The average Bonchev–Trinajstić information content (AvgIpc) is 3.75. The van der Waals surface area contributed by atoms with E-state index in [0.29, 0.717) is 28.8 Å². The Labute approximate surface area is 202 Å². The maximum absolute atomic E-state index is 12.6. The number of nitrogens with one attached hydrogen (secondary N) is 1. The second kappa shape index (κ2) is 9.57. The van der Waals surface area contributed by atoms with Gasteiger partial charge in [0.15, 0.2) is 0 Å². The Balaban J connectivity index is 1.45. The minimum atomic E-state index is -2.56. The molecule has 2 aromatic carbocycles. The topological polar surface area (TPSA) is 76.3 Å². The van der Waals surface area contributed by atoms with Crippen molar-refractivity contribution >= 4 is 22.7 Å². The maximum Gasteiger partial charge on any atom is 0.411 e.